The molecule has 0 spiro atoms. The van der Waals surface area contributed by atoms with Gasteiger partial charge in [0.25, 0.3) is 0 Å². The number of halogens is 1. The first-order chi connectivity index (χ1) is 7.58. The van der Waals surface area contributed by atoms with Crippen molar-refractivity contribution in [3.05, 3.63) is 46.2 Å². The van der Waals surface area contributed by atoms with Crippen LogP contribution in [0.1, 0.15) is 16.2 Å². The van der Waals surface area contributed by atoms with Crippen LogP contribution >= 0.6 is 15.9 Å². The molecule has 1 N–H and O–H groups in total. The molecule has 82 valence electrons. The van der Waals surface area contributed by atoms with Crippen LogP contribution in [0.2, 0.25) is 0 Å². The van der Waals surface area contributed by atoms with E-state index in [0.717, 1.165) is 10.2 Å². The van der Waals surface area contributed by atoms with Gasteiger partial charge in [-0.3, -0.25) is 0 Å². The van der Waals surface area contributed by atoms with Gasteiger partial charge in [0.15, 0.2) is 5.69 Å². The molecule has 0 radical (unpaired) electrons. The maximum Gasteiger partial charge on any atom is 0.354 e. The van der Waals surface area contributed by atoms with Crippen LogP contribution < -0.4 is 0 Å². The van der Waals surface area contributed by atoms with E-state index in [1.807, 2.05) is 24.3 Å². The number of carboxylic acid groups (broad SMARTS) is 1. The van der Waals surface area contributed by atoms with Crippen LogP contribution in [0.15, 0.2) is 34.8 Å². The highest BCUT2D eigenvalue weighted by atomic mass is 79.9. The van der Waals surface area contributed by atoms with Crippen molar-refractivity contribution >= 4 is 21.9 Å². The Kier molecular flexibility index (Phi) is 2.78. The van der Waals surface area contributed by atoms with Crippen LogP contribution in [0.4, 0.5) is 0 Å². The monoisotopic (exact) mass is 280 g/mol. The maximum atomic E-state index is 11.0. The summed E-state index contributed by atoms with van der Waals surface area (Å²) in [4.78, 5) is 11.0. The lowest BCUT2D eigenvalue weighted by Gasteiger charge is -2.04. The minimum atomic E-state index is -0.986. The number of carboxylic acids is 1. The maximum absolute atomic E-state index is 11.0. The van der Waals surface area contributed by atoms with Crippen LogP contribution in [0.25, 0.3) is 5.69 Å². The smallest absolute Gasteiger partial charge is 0.354 e. The van der Waals surface area contributed by atoms with Crippen LogP contribution in [0.5, 0.6) is 0 Å². The van der Waals surface area contributed by atoms with E-state index < -0.39 is 5.97 Å². The number of hydrogen-bond donors (Lipinski definition) is 1. The van der Waals surface area contributed by atoms with E-state index in [1.165, 1.54) is 4.68 Å². The highest BCUT2D eigenvalue weighted by Crippen LogP contribution is 2.17. The lowest BCUT2D eigenvalue weighted by molar-refractivity contribution is 0.0687. The molecular formula is C11H9BrN2O2. The lowest BCUT2D eigenvalue weighted by Crippen LogP contribution is -2.07. The predicted octanol–water partition coefficient (Wildman–Crippen LogP) is 2.64. The molecule has 0 fully saturated rings. The highest BCUT2D eigenvalue weighted by molar-refractivity contribution is 9.10. The number of carbonyl (C=O) groups is 1. The Bertz CT molecular complexity index is 549. The minimum Gasteiger partial charge on any atom is -0.477 e. The quantitative estimate of drug-likeness (QED) is 0.920. The molecule has 0 amide bonds. The van der Waals surface area contributed by atoms with Crippen molar-refractivity contribution in [3.63, 3.8) is 0 Å². The molecule has 16 heavy (non-hydrogen) atoms. The molecule has 4 nitrogen and oxygen atoms in total. The van der Waals surface area contributed by atoms with Gasteiger partial charge < -0.3 is 5.11 Å². The fraction of sp³-hybridized carbons (Fsp3) is 0.0909. The molecule has 0 bridgehead atoms. The molecule has 0 atom stereocenters. The first-order valence-corrected chi connectivity index (χ1v) is 5.43. The molecule has 0 aliphatic carbocycles. The van der Waals surface area contributed by atoms with Crippen molar-refractivity contribution in [2.24, 2.45) is 0 Å². The van der Waals surface area contributed by atoms with Crippen molar-refractivity contribution in [2.45, 2.75) is 6.92 Å². The zero-order valence-electron chi connectivity index (χ0n) is 8.51. The summed E-state index contributed by atoms with van der Waals surface area (Å²) in [5, 5.41) is 13.2. The molecule has 0 saturated heterocycles. The molecule has 0 unspecified atom stereocenters. The van der Waals surface area contributed by atoms with Gasteiger partial charge in [-0.2, -0.15) is 5.10 Å². The zero-order chi connectivity index (χ0) is 11.7. The second-order valence-electron chi connectivity index (χ2n) is 3.37. The Morgan fingerprint density at radius 3 is 2.81 bits per heavy atom. The van der Waals surface area contributed by atoms with Crippen molar-refractivity contribution in [2.75, 3.05) is 0 Å². The molecule has 0 aliphatic rings. The van der Waals surface area contributed by atoms with E-state index in [9.17, 15) is 4.79 Å². The van der Waals surface area contributed by atoms with Crippen molar-refractivity contribution in [1.82, 2.24) is 9.78 Å². The summed E-state index contributed by atoms with van der Waals surface area (Å²) in [6, 6.07) is 8.88. The normalized spacial score (nSPS) is 10.4. The summed E-state index contributed by atoms with van der Waals surface area (Å²) >= 11 is 3.34. The number of nitrogens with zero attached hydrogens (tertiary/aromatic N) is 2. The van der Waals surface area contributed by atoms with E-state index in [4.69, 9.17) is 5.11 Å². The van der Waals surface area contributed by atoms with Gasteiger partial charge in [-0.05, 0) is 31.2 Å². The SMILES string of the molecule is Cc1cc(C(=O)O)n(-c2cccc(Br)c2)n1. The van der Waals surface area contributed by atoms with Crippen LogP contribution in [0, 0.1) is 6.92 Å². The Morgan fingerprint density at radius 2 is 2.19 bits per heavy atom. The van der Waals surface area contributed by atoms with Crippen molar-refractivity contribution < 1.29 is 9.90 Å². The van der Waals surface area contributed by atoms with Gasteiger partial charge in [-0.25, -0.2) is 9.48 Å². The molecule has 5 heteroatoms. The van der Waals surface area contributed by atoms with Gasteiger partial charge in [0.05, 0.1) is 11.4 Å². The Labute approximate surface area is 101 Å². The topological polar surface area (TPSA) is 55.1 Å². The number of rotatable bonds is 2. The molecule has 2 aromatic rings. The van der Waals surface area contributed by atoms with E-state index in [1.54, 1.807) is 13.0 Å². The molecule has 1 heterocycles. The van der Waals surface area contributed by atoms with Crippen LogP contribution in [0.3, 0.4) is 0 Å². The third-order valence-electron chi connectivity index (χ3n) is 2.10. The van der Waals surface area contributed by atoms with E-state index in [0.29, 0.717) is 5.69 Å². The van der Waals surface area contributed by atoms with E-state index in [-0.39, 0.29) is 5.69 Å². The van der Waals surface area contributed by atoms with Crippen LogP contribution in [-0.4, -0.2) is 20.9 Å². The molecular weight excluding hydrogens is 272 g/mol. The average Bonchev–Trinajstić information content (AvgIpc) is 2.60. The summed E-state index contributed by atoms with van der Waals surface area (Å²) in [5.74, 6) is -0.986. The van der Waals surface area contributed by atoms with Gasteiger partial charge in [0.1, 0.15) is 0 Å². The summed E-state index contributed by atoms with van der Waals surface area (Å²) in [7, 11) is 0. The molecule has 2 rings (SSSR count). The summed E-state index contributed by atoms with van der Waals surface area (Å²) in [6.07, 6.45) is 0. The standard InChI is InChI=1S/C11H9BrN2O2/c1-7-5-10(11(15)16)14(13-7)9-4-2-3-8(12)6-9/h2-6H,1H3,(H,15,16). The van der Waals surface area contributed by atoms with Crippen LogP contribution in [-0.2, 0) is 0 Å². The highest BCUT2D eigenvalue weighted by Gasteiger charge is 2.13. The number of hydrogen-bond acceptors (Lipinski definition) is 2. The first kappa shape index (κ1) is 10.9. The fourth-order valence-electron chi connectivity index (χ4n) is 1.46. The van der Waals surface area contributed by atoms with E-state index in [2.05, 4.69) is 21.0 Å². The van der Waals surface area contributed by atoms with Gasteiger partial charge in [-0.1, -0.05) is 22.0 Å². The third-order valence-corrected chi connectivity index (χ3v) is 2.60. The predicted molar refractivity (Wildman–Crippen MR) is 63.0 cm³/mol. The zero-order valence-corrected chi connectivity index (χ0v) is 10.1. The third kappa shape index (κ3) is 1.99. The minimum absolute atomic E-state index is 0.163. The molecule has 1 aromatic carbocycles. The van der Waals surface area contributed by atoms with Crippen molar-refractivity contribution in [1.29, 1.82) is 0 Å². The Hall–Kier alpha value is -1.62. The van der Waals surface area contributed by atoms with Gasteiger partial charge in [0, 0.05) is 4.47 Å². The summed E-state index contributed by atoms with van der Waals surface area (Å²) < 4.78 is 2.30. The first-order valence-electron chi connectivity index (χ1n) is 4.64. The Morgan fingerprint density at radius 1 is 1.44 bits per heavy atom. The fourth-order valence-corrected chi connectivity index (χ4v) is 1.84. The second kappa shape index (κ2) is 4.09. The Balaban J connectivity index is 2.59. The second-order valence-corrected chi connectivity index (χ2v) is 4.28. The lowest BCUT2D eigenvalue weighted by atomic mass is 10.3. The van der Waals surface area contributed by atoms with Gasteiger partial charge in [0.2, 0.25) is 0 Å². The van der Waals surface area contributed by atoms with E-state index >= 15 is 0 Å². The van der Waals surface area contributed by atoms with Crippen molar-refractivity contribution in [3.8, 4) is 5.69 Å². The van der Waals surface area contributed by atoms with Gasteiger partial charge in [-0.15, -0.1) is 0 Å². The average molecular weight is 281 g/mol. The summed E-state index contributed by atoms with van der Waals surface area (Å²) in [6.45, 7) is 1.76. The number of aromatic carboxylic acids is 1. The largest absolute Gasteiger partial charge is 0.477 e. The number of benzene rings is 1. The van der Waals surface area contributed by atoms with Gasteiger partial charge >= 0.3 is 5.97 Å². The molecule has 1 aromatic heterocycles. The summed E-state index contributed by atoms with van der Waals surface area (Å²) in [5.41, 5.74) is 1.56. The number of aromatic nitrogens is 2. The molecule has 0 saturated carbocycles. The molecule has 0 aliphatic heterocycles. The number of aryl methyl sites for hydroxylation is 1.